The van der Waals surface area contributed by atoms with Crippen molar-refractivity contribution in [2.24, 2.45) is 11.7 Å². The highest BCUT2D eigenvalue weighted by molar-refractivity contribution is 5.94. The minimum Gasteiger partial charge on any atom is -0.343 e. The largest absolute Gasteiger partial charge is 0.343 e. The van der Waals surface area contributed by atoms with E-state index in [0.717, 1.165) is 29.7 Å². The third kappa shape index (κ3) is 3.85. The molecule has 1 amide bonds. The van der Waals surface area contributed by atoms with Crippen LogP contribution in [0.4, 0.5) is 0 Å². The van der Waals surface area contributed by atoms with E-state index >= 15 is 0 Å². The van der Waals surface area contributed by atoms with Gasteiger partial charge in [-0.3, -0.25) is 4.79 Å². The Morgan fingerprint density at radius 1 is 1.22 bits per heavy atom. The van der Waals surface area contributed by atoms with E-state index in [1.165, 1.54) is 19.3 Å². The van der Waals surface area contributed by atoms with Crippen molar-refractivity contribution in [1.29, 1.82) is 0 Å². The molecule has 0 bridgehead atoms. The number of amides is 1. The van der Waals surface area contributed by atoms with Crippen LogP contribution in [0.15, 0.2) is 48.8 Å². The van der Waals surface area contributed by atoms with Gasteiger partial charge >= 0.3 is 0 Å². The normalized spacial score (nSPS) is 16.3. The van der Waals surface area contributed by atoms with Crippen molar-refractivity contribution in [3.05, 3.63) is 65.6 Å². The van der Waals surface area contributed by atoms with Gasteiger partial charge in [-0.1, -0.05) is 37.5 Å². The molecule has 1 saturated carbocycles. The van der Waals surface area contributed by atoms with Gasteiger partial charge in [0, 0.05) is 12.1 Å². The van der Waals surface area contributed by atoms with E-state index in [1.54, 1.807) is 10.7 Å². The molecule has 4 rings (SSSR count). The third-order valence-electron chi connectivity index (χ3n) is 5.39. The predicted molar refractivity (Wildman–Crippen MR) is 104 cm³/mol. The van der Waals surface area contributed by atoms with Crippen LogP contribution in [0.3, 0.4) is 0 Å². The fourth-order valence-corrected chi connectivity index (χ4v) is 3.91. The molecule has 2 heterocycles. The van der Waals surface area contributed by atoms with Crippen LogP contribution in [0.5, 0.6) is 0 Å². The third-order valence-corrected chi connectivity index (χ3v) is 5.39. The van der Waals surface area contributed by atoms with Crippen LogP contribution in [0.1, 0.15) is 59.8 Å². The Kier molecular flexibility index (Phi) is 5.16. The minimum atomic E-state index is -0.110. The molecule has 140 valence electrons. The summed E-state index contributed by atoms with van der Waals surface area (Å²) in [6, 6.07) is 11.2. The van der Waals surface area contributed by atoms with Gasteiger partial charge in [0.2, 0.25) is 0 Å². The number of benzene rings is 1. The first-order valence-corrected chi connectivity index (χ1v) is 9.65. The predicted octanol–water partition coefficient (Wildman–Crippen LogP) is 3.24. The van der Waals surface area contributed by atoms with Crippen molar-refractivity contribution in [3.8, 4) is 0 Å². The molecule has 6 heteroatoms. The van der Waals surface area contributed by atoms with Gasteiger partial charge in [-0.2, -0.15) is 5.10 Å². The Labute approximate surface area is 158 Å². The molecule has 0 unspecified atom stereocenters. The van der Waals surface area contributed by atoms with Crippen molar-refractivity contribution in [3.63, 3.8) is 0 Å². The summed E-state index contributed by atoms with van der Waals surface area (Å²) in [7, 11) is 0. The number of hydrogen-bond donors (Lipinski definition) is 2. The number of carbonyl (C=O) groups is 1. The highest BCUT2D eigenvalue weighted by Crippen LogP contribution is 2.34. The topological polar surface area (TPSA) is 85.3 Å². The maximum absolute atomic E-state index is 12.8. The van der Waals surface area contributed by atoms with E-state index < -0.39 is 0 Å². The minimum absolute atomic E-state index is 0.0566. The molecule has 0 aliphatic heterocycles. The zero-order valence-corrected chi connectivity index (χ0v) is 15.3. The highest BCUT2D eigenvalue weighted by atomic mass is 16.1. The molecule has 1 atom stereocenters. The van der Waals surface area contributed by atoms with E-state index in [2.05, 4.69) is 10.4 Å². The Hall–Kier alpha value is -2.73. The second kappa shape index (κ2) is 7.88. The van der Waals surface area contributed by atoms with Crippen LogP contribution in [-0.2, 0) is 6.54 Å². The smallest absolute Gasteiger partial charge is 0.251 e. The molecule has 1 aromatic carbocycles. The van der Waals surface area contributed by atoms with Crippen molar-refractivity contribution >= 4 is 11.6 Å². The molecule has 0 spiro atoms. The van der Waals surface area contributed by atoms with Gasteiger partial charge in [0.1, 0.15) is 0 Å². The van der Waals surface area contributed by atoms with Crippen LogP contribution in [0, 0.1) is 5.92 Å². The second-order valence-corrected chi connectivity index (χ2v) is 7.25. The van der Waals surface area contributed by atoms with E-state index in [0.29, 0.717) is 18.0 Å². The summed E-state index contributed by atoms with van der Waals surface area (Å²) in [4.78, 5) is 17.6. The van der Waals surface area contributed by atoms with Crippen molar-refractivity contribution < 1.29 is 4.79 Å². The molecule has 0 saturated heterocycles. The molecule has 6 nitrogen and oxygen atoms in total. The van der Waals surface area contributed by atoms with Gasteiger partial charge in [-0.15, -0.1) is 0 Å². The first-order valence-electron chi connectivity index (χ1n) is 9.65. The lowest BCUT2D eigenvalue weighted by Gasteiger charge is -2.29. The highest BCUT2D eigenvalue weighted by Gasteiger charge is 2.29. The van der Waals surface area contributed by atoms with Gasteiger partial charge in [-0.05, 0) is 42.5 Å². The average Bonchev–Trinajstić information content (AvgIpc) is 3.16. The lowest BCUT2D eigenvalue weighted by molar-refractivity contribution is 0.0911. The van der Waals surface area contributed by atoms with Crippen LogP contribution in [0.25, 0.3) is 5.65 Å². The summed E-state index contributed by atoms with van der Waals surface area (Å²) < 4.78 is 1.76. The van der Waals surface area contributed by atoms with Gasteiger partial charge < -0.3 is 11.1 Å². The Morgan fingerprint density at radius 3 is 2.74 bits per heavy atom. The number of carbonyl (C=O) groups excluding carboxylic acids is 1. The van der Waals surface area contributed by atoms with Gasteiger partial charge in [0.05, 0.1) is 24.1 Å². The summed E-state index contributed by atoms with van der Waals surface area (Å²) in [5, 5.41) is 7.64. The quantitative estimate of drug-likeness (QED) is 0.729. The molecular weight excluding hydrogens is 338 g/mol. The fraction of sp³-hybridized carbons (Fsp3) is 0.381. The zero-order chi connectivity index (χ0) is 18.6. The molecule has 1 fully saturated rings. The van der Waals surface area contributed by atoms with Gasteiger partial charge in [-0.25, -0.2) is 9.50 Å². The monoisotopic (exact) mass is 363 g/mol. The van der Waals surface area contributed by atoms with E-state index in [-0.39, 0.29) is 11.9 Å². The lowest BCUT2D eigenvalue weighted by Crippen LogP contribution is -2.34. The second-order valence-electron chi connectivity index (χ2n) is 7.25. The summed E-state index contributed by atoms with van der Waals surface area (Å²) in [5.41, 5.74) is 8.97. The summed E-state index contributed by atoms with van der Waals surface area (Å²) in [6.45, 7) is 0.433. The van der Waals surface area contributed by atoms with Crippen molar-refractivity contribution in [2.45, 2.75) is 44.7 Å². The molecule has 3 N–H and O–H groups in total. The molecule has 27 heavy (non-hydrogen) atoms. The number of rotatable bonds is 5. The number of nitrogens with zero attached hydrogens (tertiary/aromatic N) is 3. The standard InChI is InChI=1S/C21H25N5O/c22-12-15-11-19-24-18(14-26(19)23-13-15)20(16-7-3-1-4-8-16)25-21(27)17-9-5-2-6-10-17/h2,5-6,9-11,13-14,16,20H,1,3-4,7-8,12,22H2,(H,25,27)/t20-/m0/s1. The van der Waals surface area contributed by atoms with Crippen molar-refractivity contribution in [1.82, 2.24) is 19.9 Å². The van der Waals surface area contributed by atoms with E-state index in [9.17, 15) is 4.79 Å². The SMILES string of the molecule is NCc1cnn2cc([C@@H](NC(=O)c3ccccc3)C3CCCCC3)nc2c1. The summed E-state index contributed by atoms with van der Waals surface area (Å²) in [6.07, 6.45) is 9.57. The number of nitrogens with two attached hydrogens (primary N) is 1. The molecule has 2 aromatic heterocycles. The van der Waals surface area contributed by atoms with Gasteiger partial charge in [0.25, 0.3) is 5.91 Å². The molecule has 1 aliphatic carbocycles. The molecular formula is C21H25N5O. The average molecular weight is 363 g/mol. The fourth-order valence-electron chi connectivity index (χ4n) is 3.91. The number of imidazole rings is 1. The first kappa shape index (κ1) is 17.7. The maximum Gasteiger partial charge on any atom is 0.251 e. The number of fused-ring (bicyclic) bond motifs is 1. The molecule has 0 radical (unpaired) electrons. The van der Waals surface area contributed by atoms with E-state index in [4.69, 9.17) is 10.7 Å². The number of aromatic nitrogens is 3. The van der Waals surface area contributed by atoms with Crippen molar-refractivity contribution in [2.75, 3.05) is 0 Å². The molecule has 1 aliphatic rings. The number of hydrogen-bond acceptors (Lipinski definition) is 4. The van der Waals surface area contributed by atoms with Crippen LogP contribution < -0.4 is 11.1 Å². The summed E-state index contributed by atoms with van der Waals surface area (Å²) in [5.74, 6) is 0.337. The van der Waals surface area contributed by atoms with E-state index in [1.807, 2.05) is 42.6 Å². The summed E-state index contributed by atoms with van der Waals surface area (Å²) >= 11 is 0. The zero-order valence-electron chi connectivity index (χ0n) is 15.3. The Morgan fingerprint density at radius 2 is 2.00 bits per heavy atom. The number of nitrogens with one attached hydrogen (secondary N) is 1. The van der Waals surface area contributed by atoms with Crippen LogP contribution >= 0.6 is 0 Å². The van der Waals surface area contributed by atoms with Crippen LogP contribution in [-0.4, -0.2) is 20.5 Å². The molecule has 3 aromatic rings. The van der Waals surface area contributed by atoms with Crippen LogP contribution in [0.2, 0.25) is 0 Å². The lowest BCUT2D eigenvalue weighted by atomic mass is 9.82. The Bertz CT molecular complexity index is 915. The Balaban J connectivity index is 1.66. The first-order chi connectivity index (χ1) is 13.2. The van der Waals surface area contributed by atoms with Gasteiger partial charge in [0.15, 0.2) is 5.65 Å². The maximum atomic E-state index is 12.8.